The van der Waals surface area contributed by atoms with Gasteiger partial charge in [-0.15, -0.1) is 0 Å². The summed E-state index contributed by atoms with van der Waals surface area (Å²) in [7, 11) is 0. The molecule has 2 heterocycles. The predicted octanol–water partition coefficient (Wildman–Crippen LogP) is 2.66. The van der Waals surface area contributed by atoms with Crippen LogP contribution in [0, 0.1) is 13.8 Å². The normalized spacial score (nSPS) is 13.4. The molecule has 20 heavy (non-hydrogen) atoms. The number of carbonyl (C=O) groups excluding carboxylic acids is 1. The summed E-state index contributed by atoms with van der Waals surface area (Å²) >= 11 is 0. The molecule has 102 valence electrons. The van der Waals surface area contributed by atoms with E-state index >= 15 is 0 Å². The van der Waals surface area contributed by atoms with E-state index in [0.29, 0.717) is 13.1 Å². The molecule has 0 saturated heterocycles. The van der Waals surface area contributed by atoms with Crippen molar-refractivity contribution >= 4 is 12.0 Å². The monoisotopic (exact) mass is 267 g/mol. The number of fused-ring (bicyclic) bond motifs is 1. The fourth-order valence-corrected chi connectivity index (χ4v) is 2.57. The van der Waals surface area contributed by atoms with Crippen molar-refractivity contribution in [3.05, 3.63) is 58.4 Å². The van der Waals surface area contributed by atoms with E-state index in [9.17, 15) is 4.79 Å². The minimum absolute atomic E-state index is 0.0936. The summed E-state index contributed by atoms with van der Waals surface area (Å²) in [6.45, 7) is 5.09. The standard InChI is InChI=1S/C16H17N3O/c1-11-14-8-17-19(9-15(14)12(2)18-11)10-16(20)13-6-4-3-5-7-13/h3-8,18H,9-10H2,1-2H3. The summed E-state index contributed by atoms with van der Waals surface area (Å²) in [5.41, 5.74) is 5.41. The Bertz CT molecular complexity index is 671. The number of Topliss-reactive ketones (excluding diaryl/α,β-unsaturated/α-hetero) is 1. The van der Waals surface area contributed by atoms with Gasteiger partial charge in [-0.1, -0.05) is 30.3 Å². The number of aromatic nitrogens is 1. The number of aryl methyl sites for hydroxylation is 2. The molecule has 0 unspecified atom stereocenters. The lowest BCUT2D eigenvalue weighted by molar-refractivity contribution is 0.0927. The summed E-state index contributed by atoms with van der Waals surface area (Å²) in [5, 5.41) is 6.20. The first-order valence-electron chi connectivity index (χ1n) is 6.70. The highest BCUT2D eigenvalue weighted by Gasteiger charge is 2.20. The van der Waals surface area contributed by atoms with Gasteiger partial charge in [0.05, 0.1) is 19.3 Å². The lowest BCUT2D eigenvalue weighted by Crippen LogP contribution is -2.27. The van der Waals surface area contributed by atoms with Crippen molar-refractivity contribution in [2.24, 2.45) is 5.10 Å². The van der Waals surface area contributed by atoms with Gasteiger partial charge >= 0.3 is 0 Å². The topological polar surface area (TPSA) is 48.5 Å². The van der Waals surface area contributed by atoms with Gasteiger partial charge in [0.2, 0.25) is 0 Å². The molecule has 4 heteroatoms. The van der Waals surface area contributed by atoms with Crippen molar-refractivity contribution in [2.45, 2.75) is 20.4 Å². The van der Waals surface area contributed by atoms with Crippen LogP contribution in [-0.2, 0) is 6.54 Å². The molecule has 0 fully saturated rings. The van der Waals surface area contributed by atoms with Crippen molar-refractivity contribution in [3.63, 3.8) is 0 Å². The SMILES string of the molecule is Cc1[nH]c(C)c2c1C=NN(CC(=O)c1ccccc1)C2. The Morgan fingerprint density at radius 1 is 1.25 bits per heavy atom. The zero-order valence-corrected chi connectivity index (χ0v) is 11.7. The Morgan fingerprint density at radius 3 is 2.75 bits per heavy atom. The van der Waals surface area contributed by atoms with Crippen molar-refractivity contribution in [1.82, 2.24) is 9.99 Å². The van der Waals surface area contributed by atoms with E-state index in [-0.39, 0.29) is 5.78 Å². The van der Waals surface area contributed by atoms with E-state index in [2.05, 4.69) is 17.0 Å². The zero-order chi connectivity index (χ0) is 14.1. The average Bonchev–Trinajstić information content (AvgIpc) is 2.75. The second-order valence-corrected chi connectivity index (χ2v) is 5.12. The number of benzene rings is 1. The third-order valence-electron chi connectivity index (χ3n) is 3.67. The van der Waals surface area contributed by atoms with Gasteiger partial charge in [-0.05, 0) is 13.8 Å². The maximum absolute atomic E-state index is 12.2. The molecule has 3 rings (SSSR count). The Balaban J connectivity index is 1.75. The average molecular weight is 267 g/mol. The molecule has 1 aliphatic heterocycles. The maximum atomic E-state index is 12.2. The van der Waals surface area contributed by atoms with Gasteiger partial charge in [0.15, 0.2) is 5.78 Å². The first-order valence-corrected chi connectivity index (χ1v) is 6.70. The first-order chi connectivity index (χ1) is 9.65. The Morgan fingerprint density at radius 2 is 2.00 bits per heavy atom. The second-order valence-electron chi connectivity index (χ2n) is 5.12. The minimum atomic E-state index is 0.0936. The fraction of sp³-hybridized carbons (Fsp3) is 0.250. The molecule has 2 aromatic rings. The largest absolute Gasteiger partial charge is 0.362 e. The van der Waals surface area contributed by atoms with E-state index in [1.165, 1.54) is 5.56 Å². The van der Waals surface area contributed by atoms with Gasteiger partial charge in [0.1, 0.15) is 0 Å². The number of aromatic amines is 1. The number of hydrogen-bond acceptors (Lipinski definition) is 3. The summed E-state index contributed by atoms with van der Waals surface area (Å²) in [6, 6.07) is 9.35. The first kappa shape index (κ1) is 12.7. The lowest BCUT2D eigenvalue weighted by Gasteiger charge is -2.22. The summed E-state index contributed by atoms with van der Waals surface area (Å²) in [5.74, 6) is 0.0936. The number of hydrazone groups is 1. The summed E-state index contributed by atoms with van der Waals surface area (Å²) in [6.07, 6.45) is 1.84. The van der Waals surface area contributed by atoms with Gasteiger partial charge in [-0.25, -0.2) is 0 Å². The van der Waals surface area contributed by atoms with E-state index in [1.54, 1.807) is 0 Å². The fourth-order valence-electron chi connectivity index (χ4n) is 2.57. The van der Waals surface area contributed by atoms with Crippen molar-refractivity contribution < 1.29 is 4.79 Å². The Hall–Kier alpha value is -2.36. The highest BCUT2D eigenvalue weighted by atomic mass is 16.1. The van der Waals surface area contributed by atoms with Crippen LogP contribution < -0.4 is 0 Å². The predicted molar refractivity (Wildman–Crippen MR) is 79.0 cm³/mol. The van der Waals surface area contributed by atoms with Gasteiger partial charge in [0.25, 0.3) is 0 Å². The minimum Gasteiger partial charge on any atom is -0.362 e. The van der Waals surface area contributed by atoms with E-state index < -0.39 is 0 Å². The van der Waals surface area contributed by atoms with E-state index in [4.69, 9.17) is 0 Å². The van der Waals surface area contributed by atoms with Crippen LogP contribution in [0.25, 0.3) is 0 Å². The molecule has 0 aliphatic carbocycles. The molecule has 1 aliphatic rings. The molecule has 0 spiro atoms. The molecule has 0 bridgehead atoms. The van der Waals surface area contributed by atoms with Crippen molar-refractivity contribution in [1.29, 1.82) is 0 Å². The Labute approximate surface area is 118 Å². The van der Waals surface area contributed by atoms with Crippen LogP contribution in [0.1, 0.15) is 32.9 Å². The molecule has 0 amide bonds. The van der Waals surface area contributed by atoms with Gasteiger partial charge < -0.3 is 4.98 Å². The van der Waals surface area contributed by atoms with Crippen LogP contribution in [0.5, 0.6) is 0 Å². The number of ketones is 1. The van der Waals surface area contributed by atoms with Crippen molar-refractivity contribution in [2.75, 3.05) is 6.54 Å². The van der Waals surface area contributed by atoms with Crippen LogP contribution in [0.15, 0.2) is 35.4 Å². The quantitative estimate of drug-likeness (QED) is 0.869. The third kappa shape index (κ3) is 2.25. The smallest absolute Gasteiger partial charge is 0.183 e. The summed E-state index contributed by atoms with van der Waals surface area (Å²) < 4.78 is 0. The number of rotatable bonds is 3. The van der Waals surface area contributed by atoms with Crippen LogP contribution in [0.3, 0.4) is 0 Å². The second kappa shape index (κ2) is 4.96. The molecule has 0 saturated carbocycles. The molecule has 0 radical (unpaired) electrons. The molecule has 1 aromatic carbocycles. The van der Waals surface area contributed by atoms with Crippen LogP contribution in [0.4, 0.5) is 0 Å². The number of H-pyrrole nitrogens is 1. The molecule has 4 nitrogen and oxygen atoms in total. The molecule has 1 aromatic heterocycles. The number of hydrogen-bond donors (Lipinski definition) is 1. The van der Waals surface area contributed by atoms with E-state index in [1.807, 2.05) is 48.5 Å². The number of nitrogens with zero attached hydrogens (tertiary/aromatic N) is 2. The molecule has 0 atom stereocenters. The van der Waals surface area contributed by atoms with Gasteiger partial charge in [-0.2, -0.15) is 5.10 Å². The highest BCUT2D eigenvalue weighted by molar-refractivity contribution is 5.97. The van der Waals surface area contributed by atoms with Crippen molar-refractivity contribution in [3.8, 4) is 0 Å². The van der Waals surface area contributed by atoms with Crippen LogP contribution in [-0.4, -0.2) is 28.5 Å². The van der Waals surface area contributed by atoms with Crippen LogP contribution in [0.2, 0.25) is 0 Å². The Kier molecular flexibility index (Phi) is 3.14. The zero-order valence-electron chi connectivity index (χ0n) is 11.7. The lowest BCUT2D eigenvalue weighted by atomic mass is 10.1. The number of carbonyl (C=O) groups is 1. The highest BCUT2D eigenvalue weighted by Crippen LogP contribution is 2.22. The van der Waals surface area contributed by atoms with E-state index in [0.717, 1.165) is 22.5 Å². The third-order valence-corrected chi connectivity index (χ3v) is 3.67. The maximum Gasteiger partial charge on any atom is 0.183 e. The van der Waals surface area contributed by atoms with Crippen LogP contribution >= 0.6 is 0 Å². The number of nitrogens with one attached hydrogen (secondary N) is 1. The van der Waals surface area contributed by atoms with Gasteiger partial charge in [-0.3, -0.25) is 9.80 Å². The molecule has 1 N–H and O–H groups in total. The summed E-state index contributed by atoms with van der Waals surface area (Å²) in [4.78, 5) is 15.5. The molecular formula is C16H17N3O. The molecular weight excluding hydrogens is 250 g/mol. The van der Waals surface area contributed by atoms with Gasteiger partial charge in [0, 0.05) is 28.1 Å².